The van der Waals surface area contributed by atoms with Crippen molar-refractivity contribution in [1.29, 1.82) is 5.26 Å². The normalized spacial score (nSPS) is 10.4. The van der Waals surface area contributed by atoms with Crippen molar-refractivity contribution in [3.63, 3.8) is 0 Å². The zero-order valence-corrected chi connectivity index (χ0v) is 17.1. The average Bonchev–Trinajstić information content (AvgIpc) is 2.69. The summed E-state index contributed by atoms with van der Waals surface area (Å²) < 4.78 is 10.9. The van der Waals surface area contributed by atoms with Gasteiger partial charge in [0.2, 0.25) is 0 Å². The Morgan fingerprint density at radius 1 is 1.14 bits per heavy atom. The van der Waals surface area contributed by atoms with Gasteiger partial charge in [-0.05, 0) is 43.9 Å². The first-order valence-corrected chi connectivity index (χ1v) is 9.18. The quantitative estimate of drug-likeness (QED) is 0.645. The van der Waals surface area contributed by atoms with E-state index in [0.717, 1.165) is 12.1 Å². The SMILES string of the molecule is COc1cc(C#N)ccc1OCC(=O)N(CCN(C)C)Cc1cccc(Cl)c1. The Labute approximate surface area is 170 Å². The largest absolute Gasteiger partial charge is 0.493 e. The first-order chi connectivity index (χ1) is 13.4. The van der Waals surface area contributed by atoms with Gasteiger partial charge in [0, 0.05) is 30.7 Å². The molecule has 148 valence electrons. The van der Waals surface area contributed by atoms with Crippen LogP contribution in [0, 0.1) is 11.3 Å². The van der Waals surface area contributed by atoms with Crippen molar-refractivity contribution in [2.45, 2.75) is 6.54 Å². The first kappa shape index (κ1) is 21.5. The monoisotopic (exact) mass is 401 g/mol. The first-order valence-electron chi connectivity index (χ1n) is 8.81. The van der Waals surface area contributed by atoms with Crippen LogP contribution in [0.15, 0.2) is 42.5 Å². The Bertz CT molecular complexity index is 849. The molecule has 0 aliphatic heterocycles. The number of nitriles is 1. The van der Waals surface area contributed by atoms with Crippen LogP contribution in [0.5, 0.6) is 11.5 Å². The molecule has 0 aromatic heterocycles. The Morgan fingerprint density at radius 2 is 1.93 bits per heavy atom. The summed E-state index contributed by atoms with van der Waals surface area (Å²) in [6.45, 7) is 1.61. The van der Waals surface area contributed by atoms with Crippen LogP contribution in [-0.4, -0.2) is 56.6 Å². The highest BCUT2D eigenvalue weighted by Crippen LogP contribution is 2.27. The van der Waals surface area contributed by atoms with Gasteiger partial charge in [0.25, 0.3) is 5.91 Å². The molecule has 0 spiro atoms. The third-order valence-corrected chi connectivity index (χ3v) is 4.31. The van der Waals surface area contributed by atoms with E-state index in [1.807, 2.05) is 43.3 Å². The number of rotatable bonds is 9. The number of hydrogen-bond acceptors (Lipinski definition) is 5. The molecule has 0 saturated carbocycles. The van der Waals surface area contributed by atoms with E-state index in [1.54, 1.807) is 29.2 Å². The van der Waals surface area contributed by atoms with Gasteiger partial charge in [0.05, 0.1) is 18.7 Å². The van der Waals surface area contributed by atoms with Crippen LogP contribution >= 0.6 is 11.6 Å². The summed E-state index contributed by atoms with van der Waals surface area (Å²) in [7, 11) is 5.41. The summed E-state index contributed by atoms with van der Waals surface area (Å²) in [6, 6.07) is 14.3. The van der Waals surface area contributed by atoms with Crippen LogP contribution in [0.3, 0.4) is 0 Å². The van der Waals surface area contributed by atoms with Gasteiger partial charge in [-0.15, -0.1) is 0 Å². The van der Waals surface area contributed by atoms with E-state index in [0.29, 0.717) is 35.2 Å². The van der Waals surface area contributed by atoms with Gasteiger partial charge in [-0.3, -0.25) is 4.79 Å². The van der Waals surface area contributed by atoms with Gasteiger partial charge in [0.1, 0.15) is 0 Å². The van der Waals surface area contributed by atoms with Gasteiger partial charge in [-0.1, -0.05) is 23.7 Å². The summed E-state index contributed by atoms with van der Waals surface area (Å²) in [6.07, 6.45) is 0. The second-order valence-corrected chi connectivity index (χ2v) is 6.95. The van der Waals surface area contributed by atoms with Crippen molar-refractivity contribution in [3.8, 4) is 17.6 Å². The lowest BCUT2D eigenvalue weighted by molar-refractivity contribution is -0.134. The fraction of sp³-hybridized carbons (Fsp3) is 0.333. The van der Waals surface area contributed by atoms with Crippen molar-refractivity contribution in [1.82, 2.24) is 9.80 Å². The fourth-order valence-electron chi connectivity index (χ4n) is 2.56. The van der Waals surface area contributed by atoms with Crippen molar-refractivity contribution in [2.75, 3.05) is 40.9 Å². The average molecular weight is 402 g/mol. The van der Waals surface area contributed by atoms with Crippen LogP contribution in [0.1, 0.15) is 11.1 Å². The van der Waals surface area contributed by atoms with Gasteiger partial charge < -0.3 is 19.3 Å². The molecular weight excluding hydrogens is 378 g/mol. The molecule has 0 bridgehead atoms. The van der Waals surface area contributed by atoms with Crippen LogP contribution in [-0.2, 0) is 11.3 Å². The maximum atomic E-state index is 12.8. The minimum Gasteiger partial charge on any atom is -0.493 e. The van der Waals surface area contributed by atoms with E-state index in [1.165, 1.54) is 7.11 Å². The molecule has 0 atom stereocenters. The summed E-state index contributed by atoms with van der Waals surface area (Å²) in [5.41, 5.74) is 1.42. The molecule has 0 saturated heterocycles. The lowest BCUT2D eigenvalue weighted by atomic mass is 10.2. The van der Waals surface area contributed by atoms with Crippen molar-refractivity contribution in [2.24, 2.45) is 0 Å². The molecule has 0 N–H and O–H groups in total. The maximum Gasteiger partial charge on any atom is 0.260 e. The van der Waals surface area contributed by atoms with Crippen LogP contribution in [0.4, 0.5) is 0 Å². The van der Waals surface area contributed by atoms with Gasteiger partial charge >= 0.3 is 0 Å². The molecule has 6 nitrogen and oxygen atoms in total. The Kier molecular flexibility index (Phi) is 8.12. The molecule has 0 aliphatic rings. The predicted octanol–water partition coefficient (Wildman–Crippen LogP) is 3.19. The van der Waals surface area contributed by atoms with Crippen LogP contribution in [0.2, 0.25) is 5.02 Å². The number of nitrogens with zero attached hydrogens (tertiary/aromatic N) is 3. The zero-order chi connectivity index (χ0) is 20.5. The number of methoxy groups -OCH3 is 1. The van der Waals surface area contributed by atoms with E-state index in [4.69, 9.17) is 26.3 Å². The van der Waals surface area contributed by atoms with E-state index < -0.39 is 0 Å². The number of hydrogen-bond donors (Lipinski definition) is 0. The number of amides is 1. The number of benzene rings is 2. The Balaban J connectivity index is 2.08. The standard InChI is InChI=1S/C21H24ClN3O3/c1-24(2)9-10-25(14-17-5-4-6-18(22)11-17)21(26)15-28-19-8-7-16(13-23)12-20(19)27-3/h4-8,11-12H,9-10,14-15H2,1-3H3. The molecule has 0 radical (unpaired) electrons. The van der Waals surface area contributed by atoms with Gasteiger partial charge in [0.15, 0.2) is 18.1 Å². The lowest BCUT2D eigenvalue weighted by Gasteiger charge is -2.25. The molecule has 7 heteroatoms. The van der Waals surface area contributed by atoms with Crippen molar-refractivity contribution >= 4 is 17.5 Å². The van der Waals surface area contributed by atoms with Crippen molar-refractivity contribution < 1.29 is 14.3 Å². The highest BCUT2D eigenvalue weighted by Gasteiger charge is 2.16. The van der Waals surface area contributed by atoms with Crippen LogP contribution in [0.25, 0.3) is 0 Å². The van der Waals surface area contributed by atoms with E-state index in [2.05, 4.69) is 0 Å². The smallest absolute Gasteiger partial charge is 0.260 e. The predicted molar refractivity (Wildman–Crippen MR) is 109 cm³/mol. The molecule has 0 heterocycles. The summed E-state index contributed by atoms with van der Waals surface area (Å²) in [5.74, 6) is 0.694. The molecule has 2 aromatic rings. The third kappa shape index (κ3) is 6.45. The topological polar surface area (TPSA) is 65.8 Å². The molecule has 28 heavy (non-hydrogen) atoms. The van der Waals surface area contributed by atoms with Crippen LogP contribution < -0.4 is 9.47 Å². The number of ether oxygens (including phenoxy) is 2. The second-order valence-electron chi connectivity index (χ2n) is 6.51. The second kappa shape index (κ2) is 10.5. The minimum atomic E-state index is -0.145. The highest BCUT2D eigenvalue weighted by molar-refractivity contribution is 6.30. The van der Waals surface area contributed by atoms with Crippen molar-refractivity contribution in [3.05, 3.63) is 58.6 Å². The van der Waals surface area contributed by atoms with E-state index in [9.17, 15) is 4.79 Å². The van der Waals surface area contributed by atoms with E-state index in [-0.39, 0.29) is 12.5 Å². The number of likely N-dealkylation sites (N-methyl/N-ethyl adjacent to an activating group) is 1. The molecule has 2 rings (SSSR count). The lowest BCUT2D eigenvalue weighted by Crippen LogP contribution is -2.39. The summed E-state index contributed by atoms with van der Waals surface area (Å²) in [5, 5.41) is 9.62. The number of halogens is 1. The molecule has 0 unspecified atom stereocenters. The number of carbonyl (C=O) groups excluding carboxylic acids is 1. The maximum absolute atomic E-state index is 12.8. The summed E-state index contributed by atoms with van der Waals surface area (Å²) >= 11 is 6.06. The molecule has 0 fully saturated rings. The Morgan fingerprint density at radius 3 is 2.57 bits per heavy atom. The van der Waals surface area contributed by atoms with Gasteiger partial charge in [-0.2, -0.15) is 5.26 Å². The molecule has 0 aliphatic carbocycles. The molecule has 2 aromatic carbocycles. The Hall–Kier alpha value is -2.75. The zero-order valence-electron chi connectivity index (χ0n) is 16.3. The molecule has 1 amide bonds. The summed E-state index contributed by atoms with van der Waals surface area (Å²) in [4.78, 5) is 16.6. The molecular formula is C21H24ClN3O3. The van der Waals surface area contributed by atoms with E-state index >= 15 is 0 Å². The minimum absolute atomic E-state index is 0.129. The fourth-order valence-corrected chi connectivity index (χ4v) is 2.77. The third-order valence-electron chi connectivity index (χ3n) is 4.08. The number of carbonyl (C=O) groups is 1. The highest BCUT2D eigenvalue weighted by atomic mass is 35.5. The van der Waals surface area contributed by atoms with Gasteiger partial charge in [-0.25, -0.2) is 0 Å².